The second-order valence-corrected chi connectivity index (χ2v) is 20.3. The lowest BCUT2D eigenvalue weighted by Gasteiger charge is -2.71. The van der Waals surface area contributed by atoms with E-state index in [-0.39, 0.29) is 47.3 Å². The number of amides is 1. The number of hydrogen-bond acceptors (Lipinski definition) is 6. The van der Waals surface area contributed by atoms with Gasteiger partial charge in [0.1, 0.15) is 6.10 Å². The summed E-state index contributed by atoms with van der Waals surface area (Å²) < 4.78 is 35.3. The van der Waals surface area contributed by atoms with Crippen molar-refractivity contribution in [2.24, 2.45) is 51.2 Å². The number of aliphatic hydroxyl groups excluding tert-OH is 1. The van der Waals surface area contributed by atoms with E-state index in [1.54, 1.807) is 16.2 Å². The Balaban J connectivity index is 1.16. The van der Waals surface area contributed by atoms with Gasteiger partial charge >= 0.3 is 6.09 Å². The number of thiophene rings is 1. The van der Waals surface area contributed by atoms with Crippen molar-refractivity contribution in [1.29, 1.82) is 0 Å². The highest BCUT2D eigenvalue weighted by atomic mass is 32.1. The third-order valence-electron chi connectivity index (χ3n) is 16.3. The minimum absolute atomic E-state index is 0.0494. The van der Waals surface area contributed by atoms with Gasteiger partial charge < -0.3 is 19.8 Å². The molecule has 4 saturated carbocycles. The first kappa shape index (κ1) is 39.0. The number of ketones is 1. The van der Waals surface area contributed by atoms with Gasteiger partial charge in [-0.15, -0.1) is 11.3 Å². The standard InChI is InChI=1S/C46H59F2NO5S/c1-28(2)33-10-8-29(3)23-37(33)54-41(52)49(21-15-32-7-6-22-55-32)27-45(53)18-14-39-43(45,5)17-13-38-42(4)16-12-31(50)25-44(42)19-20-46(38,39)34(26-44)40(51)30-9-11-35(47)36(48)24-30/h6-7,9,11,19-20,22,24,26,28-29,31,33,37-39,50,53H,8,10,12-18,21,23,25,27H2,1-5H3. The second kappa shape index (κ2) is 13.9. The van der Waals surface area contributed by atoms with Crippen molar-refractivity contribution >= 4 is 23.2 Å². The van der Waals surface area contributed by atoms with Gasteiger partial charge in [0, 0.05) is 38.8 Å². The molecule has 11 unspecified atom stereocenters. The van der Waals surface area contributed by atoms with Gasteiger partial charge in [0.15, 0.2) is 17.4 Å². The van der Waals surface area contributed by atoms with E-state index in [1.807, 2.05) is 11.4 Å². The molecule has 1 aromatic carbocycles. The summed E-state index contributed by atoms with van der Waals surface area (Å²) in [4.78, 5) is 32.1. The molecule has 11 atom stereocenters. The third-order valence-corrected chi connectivity index (χ3v) is 17.2. The Bertz CT molecular complexity index is 1880. The maximum atomic E-state index is 14.8. The number of benzene rings is 1. The number of aliphatic hydroxyl groups is 2. The van der Waals surface area contributed by atoms with Gasteiger partial charge in [-0.05, 0) is 129 Å². The Hall–Kier alpha value is -2.88. The van der Waals surface area contributed by atoms with Crippen LogP contribution in [0.4, 0.5) is 13.6 Å². The molecule has 55 heavy (non-hydrogen) atoms. The molecule has 2 N–H and O–H groups in total. The smallest absolute Gasteiger partial charge is 0.410 e. The average molecular weight is 776 g/mol. The largest absolute Gasteiger partial charge is 0.446 e. The Kier molecular flexibility index (Phi) is 9.85. The van der Waals surface area contributed by atoms with Crippen molar-refractivity contribution in [3.8, 4) is 0 Å². The number of halogens is 2. The van der Waals surface area contributed by atoms with Crippen molar-refractivity contribution in [2.75, 3.05) is 13.1 Å². The van der Waals surface area contributed by atoms with Crippen LogP contribution in [0.3, 0.4) is 0 Å². The predicted molar refractivity (Wildman–Crippen MR) is 210 cm³/mol. The van der Waals surface area contributed by atoms with E-state index in [9.17, 15) is 28.6 Å². The van der Waals surface area contributed by atoms with E-state index in [4.69, 9.17) is 4.74 Å². The van der Waals surface area contributed by atoms with E-state index >= 15 is 0 Å². The van der Waals surface area contributed by atoms with Gasteiger partial charge in [0.25, 0.3) is 0 Å². The van der Waals surface area contributed by atoms with Crippen LogP contribution in [0.1, 0.15) is 114 Å². The Morgan fingerprint density at radius 2 is 1.73 bits per heavy atom. The molecule has 298 valence electrons. The van der Waals surface area contributed by atoms with Crippen LogP contribution in [0, 0.1) is 62.9 Å². The number of ether oxygens (including phenoxy) is 1. The molecule has 1 heterocycles. The van der Waals surface area contributed by atoms with Gasteiger partial charge in [-0.2, -0.15) is 0 Å². The Labute approximate surface area is 329 Å². The third kappa shape index (κ3) is 6.02. The first-order chi connectivity index (χ1) is 26.1. The summed E-state index contributed by atoms with van der Waals surface area (Å²) in [6.45, 7) is 11.7. The highest BCUT2D eigenvalue weighted by molar-refractivity contribution is 7.09. The van der Waals surface area contributed by atoms with Gasteiger partial charge in [-0.1, -0.05) is 65.3 Å². The molecule has 6 nitrogen and oxygen atoms in total. The van der Waals surface area contributed by atoms with Crippen molar-refractivity contribution in [2.45, 2.75) is 123 Å². The summed E-state index contributed by atoms with van der Waals surface area (Å²) in [6.07, 6.45) is 13.7. The molecule has 9 heteroatoms. The summed E-state index contributed by atoms with van der Waals surface area (Å²) >= 11 is 1.66. The van der Waals surface area contributed by atoms with Crippen molar-refractivity contribution in [3.05, 3.63) is 81.6 Å². The summed E-state index contributed by atoms with van der Waals surface area (Å²) in [5.41, 5.74) is -2.79. The average Bonchev–Trinajstić information content (AvgIpc) is 3.76. The van der Waals surface area contributed by atoms with Crippen LogP contribution in [-0.2, 0) is 11.2 Å². The highest BCUT2D eigenvalue weighted by Gasteiger charge is 2.74. The van der Waals surface area contributed by atoms with Crippen LogP contribution in [0.5, 0.6) is 0 Å². The topological polar surface area (TPSA) is 87.1 Å². The molecule has 2 spiro atoms. The van der Waals surface area contributed by atoms with Crippen LogP contribution in [-0.4, -0.2) is 57.9 Å². The summed E-state index contributed by atoms with van der Waals surface area (Å²) in [6, 6.07) is 7.48. The number of Topliss-reactive ketones (excluding diaryl/α,β-unsaturated/α-hetero) is 1. The van der Waals surface area contributed by atoms with E-state index < -0.39 is 39.6 Å². The minimum Gasteiger partial charge on any atom is -0.446 e. The van der Waals surface area contributed by atoms with E-state index in [0.717, 1.165) is 50.7 Å². The zero-order valence-corrected chi connectivity index (χ0v) is 34.0. The zero-order chi connectivity index (χ0) is 39.1. The van der Waals surface area contributed by atoms with Crippen LogP contribution in [0.25, 0.3) is 0 Å². The molecule has 9 rings (SSSR count). The SMILES string of the molecule is CC1CCC(C(C)C)C(OC(=O)N(CCc2cccs2)CC2(O)CCC3C45C=CC6(C=C4C(=O)c4ccc(F)c(F)c4)CC(O)CCC6(C)C5CCC32C)C1. The van der Waals surface area contributed by atoms with Gasteiger partial charge in [-0.25, -0.2) is 13.6 Å². The number of carbonyl (C=O) groups excluding carboxylic acids is 2. The molecule has 1 amide bonds. The summed E-state index contributed by atoms with van der Waals surface area (Å²) in [5, 5.41) is 26.2. The molecule has 2 aromatic rings. The fourth-order valence-electron chi connectivity index (χ4n) is 13.1. The zero-order valence-electron chi connectivity index (χ0n) is 33.2. The number of fused-ring (bicyclic) bond motifs is 1. The monoisotopic (exact) mass is 775 g/mol. The summed E-state index contributed by atoms with van der Waals surface area (Å²) in [5.74, 6) is -1.33. The number of hydrogen-bond donors (Lipinski definition) is 2. The summed E-state index contributed by atoms with van der Waals surface area (Å²) in [7, 11) is 0. The van der Waals surface area contributed by atoms with Crippen LogP contribution >= 0.6 is 11.3 Å². The molecule has 1 aromatic heterocycles. The fraction of sp³-hybridized carbons (Fsp3) is 0.652. The van der Waals surface area contributed by atoms with Gasteiger partial charge in [0.2, 0.25) is 0 Å². The molecule has 0 radical (unpaired) electrons. The molecule has 4 fully saturated rings. The molecular weight excluding hydrogens is 717 g/mol. The van der Waals surface area contributed by atoms with Crippen LogP contribution < -0.4 is 0 Å². The molecule has 0 aliphatic heterocycles. The van der Waals surface area contributed by atoms with Crippen LogP contribution in [0.2, 0.25) is 0 Å². The highest BCUT2D eigenvalue weighted by Crippen LogP contribution is 2.78. The van der Waals surface area contributed by atoms with Gasteiger partial charge in [-0.3, -0.25) is 4.79 Å². The number of rotatable bonds is 9. The second-order valence-electron chi connectivity index (χ2n) is 19.3. The first-order valence-electron chi connectivity index (χ1n) is 20.9. The van der Waals surface area contributed by atoms with E-state index in [0.29, 0.717) is 62.0 Å². The maximum Gasteiger partial charge on any atom is 0.410 e. The van der Waals surface area contributed by atoms with Crippen molar-refractivity contribution in [3.63, 3.8) is 0 Å². The molecule has 7 aliphatic rings. The molecule has 7 aliphatic carbocycles. The normalized spacial score (nSPS) is 40.3. The lowest BCUT2D eigenvalue weighted by atomic mass is 9.32. The molecule has 2 bridgehead atoms. The Morgan fingerprint density at radius 3 is 2.45 bits per heavy atom. The van der Waals surface area contributed by atoms with Gasteiger partial charge in [0.05, 0.1) is 18.2 Å². The molecule has 0 saturated heterocycles. The van der Waals surface area contributed by atoms with E-state index in [2.05, 4.69) is 58.9 Å². The minimum atomic E-state index is -1.26. The number of allylic oxidation sites excluding steroid dienone is 4. The predicted octanol–water partition coefficient (Wildman–Crippen LogP) is 9.94. The fourth-order valence-corrected chi connectivity index (χ4v) is 13.8. The number of carbonyl (C=O) groups is 2. The Morgan fingerprint density at radius 1 is 0.982 bits per heavy atom. The van der Waals surface area contributed by atoms with Crippen molar-refractivity contribution < 1.29 is 33.3 Å². The maximum absolute atomic E-state index is 14.8. The lowest BCUT2D eigenvalue weighted by molar-refractivity contribution is -0.175. The quantitative estimate of drug-likeness (QED) is 0.196. The van der Waals surface area contributed by atoms with Crippen molar-refractivity contribution in [1.82, 2.24) is 4.90 Å². The van der Waals surface area contributed by atoms with Crippen LogP contribution in [0.15, 0.2) is 59.5 Å². The first-order valence-corrected chi connectivity index (χ1v) is 21.8. The molecular formula is C46H59F2NO5S. The number of nitrogens with zero attached hydrogens (tertiary/aromatic N) is 1. The van der Waals surface area contributed by atoms with E-state index in [1.165, 1.54) is 10.9 Å². The lowest BCUT2D eigenvalue weighted by Crippen LogP contribution is -2.67.